The fraction of sp³-hybridized carbons (Fsp3) is 0.312. The lowest BCUT2D eigenvalue weighted by Gasteiger charge is -2.23. The molecule has 4 nitrogen and oxygen atoms in total. The van der Waals surface area contributed by atoms with Crippen molar-refractivity contribution in [1.82, 2.24) is 10.6 Å². The number of carbonyl (C=O) groups is 1. The average Bonchev–Trinajstić information content (AvgIpc) is 2.98. The van der Waals surface area contributed by atoms with E-state index in [1.807, 2.05) is 0 Å². The third-order valence-corrected chi connectivity index (χ3v) is 3.64. The lowest BCUT2D eigenvalue weighted by molar-refractivity contribution is 0.0902. The molecule has 6 heteroatoms. The lowest BCUT2D eigenvalue weighted by Crippen LogP contribution is -2.42. The molecule has 1 aromatic heterocycles. The van der Waals surface area contributed by atoms with Gasteiger partial charge in [0, 0.05) is 6.04 Å². The zero-order valence-corrected chi connectivity index (χ0v) is 12.8. The Kier molecular flexibility index (Phi) is 5.57. The van der Waals surface area contributed by atoms with E-state index in [2.05, 4.69) is 10.6 Å². The summed E-state index contributed by atoms with van der Waals surface area (Å²) in [7, 11) is 0. The maximum Gasteiger partial charge on any atom is 0.287 e. The van der Waals surface area contributed by atoms with Crippen LogP contribution in [0.5, 0.6) is 0 Å². The number of benzene rings is 1. The van der Waals surface area contributed by atoms with Crippen molar-refractivity contribution >= 4 is 18.3 Å². The molecule has 0 saturated carbocycles. The van der Waals surface area contributed by atoms with Gasteiger partial charge in [0.05, 0.1) is 5.56 Å². The van der Waals surface area contributed by atoms with E-state index < -0.39 is 0 Å². The summed E-state index contributed by atoms with van der Waals surface area (Å²) >= 11 is 0. The Bertz CT molecular complexity index is 639. The number of hydrogen-bond acceptors (Lipinski definition) is 3. The van der Waals surface area contributed by atoms with Crippen LogP contribution in [0.3, 0.4) is 0 Å². The number of furan rings is 1. The molecule has 1 aromatic carbocycles. The standard InChI is InChI=1S/C16H17FN2O2.ClH/c17-13-4-2-1-3-12(13)14-5-6-15(21-14)16(20)19-11-7-9-18-10-8-11;/h1-6,11,18H,7-10H2,(H,19,20);1H. The molecular weight excluding hydrogens is 307 g/mol. The SMILES string of the molecule is Cl.O=C(NC1CCNCC1)c1ccc(-c2ccccc2F)o1. The first-order chi connectivity index (χ1) is 10.2. The van der Waals surface area contributed by atoms with E-state index in [-0.39, 0.29) is 35.9 Å². The summed E-state index contributed by atoms with van der Waals surface area (Å²) < 4.78 is 19.2. The molecule has 0 radical (unpaired) electrons. The Hall–Kier alpha value is -1.85. The van der Waals surface area contributed by atoms with Gasteiger partial charge in [-0.15, -0.1) is 12.4 Å². The summed E-state index contributed by atoms with van der Waals surface area (Å²) in [5, 5.41) is 6.19. The normalized spacial score (nSPS) is 15.1. The lowest BCUT2D eigenvalue weighted by atomic mass is 10.1. The van der Waals surface area contributed by atoms with E-state index in [0.717, 1.165) is 25.9 Å². The molecule has 22 heavy (non-hydrogen) atoms. The van der Waals surface area contributed by atoms with Gasteiger partial charge in [-0.3, -0.25) is 4.79 Å². The fourth-order valence-electron chi connectivity index (χ4n) is 2.49. The molecule has 0 atom stereocenters. The highest BCUT2D eigenvalue weighted by molar-refractivity contribution is 5.92. The van der Waals surface area contributed by atoms with Crippen LogP contribution in [-0.4, -0.2) is 25.0 Å². The highest BCUT2D eigenvalue weighted by Crippen LogP contribution is 2.24. The first kappa shape index (κ1) is 16.5. The minimum atomic E-state index is -0.364. The van der Waals surface area contributed by atoms with Crippen molar-refractivity contribution in [3.05, 3.63) is 48.0 Å². The molecule has 118 valence electrons. The highest BCUT2D eigenvalue weighted by Gasteiger charge is 2.19. The van der Waals surface area contributed by atoms with E-state index in [9.17, 15) is 9.18 Å². The maximum absolute atomic E-state index is 13.7. The van der Waals surface area contributed by atoms with Gasteiger partial charge in [0.1, 0.15) is 11.6 Å². The fourth-order valence-corrected chi connectivity index (χ4v) is 2.49. The van der Waals surface area contributed by atoms with Crippen LogP contribution in [0.4, 0.5) is 4.39 Å². The van der Waals surface area contributed by atoms with Crippen molar-refractivity contribution in [3.63, 3.8) is 0 Å². The molecule has 1 aliphatic rings. The summed E-state index contributed by atoms with van der Waals surface area (Å²) in [5.41, 5.74) is 0.360. The van der Waals surface area contributed by atoms with Crippen LogP contribution in [0.15, 0.2) is 40.8 Å². The Morgan fingerprint density at radius 3 is 2.64 bits per heavy atom. The van der Waals surface area contributed by atoms with Gasteiger partial charge in [-0.1, -0.05) is 12.1 Å². The van der Waals surface area contributed by atoms with Gasteiger partial charge < -0.3 is 15.1 Å². The number of hydrogen-bond donors (Lipinski definition) is 2. The molecule has 2 aromatic rings. The third kappa shape index (κ3) is 3.67. The van der Waals surface area contributed by atoms with Crippen molar-refractivity contribution < 1.29 is 13.6 Å². The second-order valence-electron chi connectivity index (χ2n) is 5.14. The molecule has 1 fully saturated rings. The molecular formula is C16H18ClFN2O2. The van der Waals surface area contributed by atoms with Crippen LogP contribution >= 0.6 is 12.4 Å². The number of piperidine rings is 1. The molecule has 2 N–H and O–H groups in total. The minimum Gasteiger partial charge on any atom is -0.451 e. The number of carbonyl (C=O) groups excluding carboxylic acids is 1. The molecule has 1 saturated heterocycles. The zero-order valence-electron chi connectivity index (χ0n) is 12.0. The highest BCUT2D eigenvalue weighted by atomic mass is 35.5. The second-order valence-corrected chi connectivity index (χ2v) is 5.14. The van der Waals surface area contributed by atoms with Crippen molar-refractivity contribution in [1.29, 1.82) is 0 Å². The molecule has 2 heterocycles. The second kappa shape index (κ2) is 7.42. The Labute approximate surface area is 134 Å². The van der Waals surface area contributed by atoms with Gasteiger partial charge in [-0.25, -0.2) is 4.39 Å². The van der Waals surface area contributed by atoms with Gasteiger partial charge >= 0.3 is 0 Å². The van der Waals surface area contributed by atoms with Crippen LogP contribution in [-0.2, 0) is 0 Å². The van der Waals surface area contributed by atoms with E-state index in [4.69, 9.17) is 4.42 Å². The van der Waals surface area contributed by atoms with Crippen LogP contribution in [0.2, 0.25) is 0 Å². The largest absolute Gasteiger partial charge is 0.451 e. The predicted molar refractivity (Wildman–Crippen MR) is 84.7 cm³/mol. The number of amides is 1. The van der Waals surface area contributed by atoms with Gasteiger partial charge in [0.25, 0.3) is 5.91 Å². The molecule has 0 bridgehead atoms. The number of nitrogens with one attached hydrogen (secondary N) is 2. The predicted octanol–water partition coefficient (Wildman–Crippen LogP) is 2.99. The summed E-state index contributed by atoms with van der Waals surface area (Å²) in [6.45, 7) is 1.81. The zero-order chi connectivity index (χ0) is 14.7. The van der Waals surface area contributed by atoms with E-state index in [1.165, 1.54) is 6.07 Å². The first-order valence-electron chi connectivity index (χ1n) is 7.10. The maximum atomic E-state index is 13.7. The van der Waals surface area contributed by atoms with E-state index >= 15 is 0 Å². The smallest absolute Gasteiger partial charge is 0.287 e. The summed E-state index contributed by atoms with van der Waals surface area (Å²) in [6, 6.07) is 9.71. The molecule has 1 aliphatic heterocycles. The molecule has 3 rings (SSSR count). The van der Waals surface area contributed by atoms with Crippen LogP contribution in [0, 0.1) is 5.82 Å². The van der Waals surface area contributed by atoms with Crippen LogP contribution in [0.1, 0.15) is 23.4 Å². The van der Waals surface area contributed by atoms with Crippen molar-refractivity contribution in [2.45, 2.75) is 18.9 Å². The van der Waals surface area contributed by atoms with Gasteiger partial charge in [-0.05, 0) is 50.2 Å². The summed E-state index contributed by atoms with van der Waals surface area (Å²) in [4.78, 5) is 12.1. The Morgan fingerprint density at radius 2 is 1.91 bits per heavy atom. The van der Waals surface area contributed by atoms with E-state index in [0.29, 0.717) is 11.3 Å². The van der Waals surface area contributed by atoms with E-state index in [1.54, 1.807) is 30.3 Å². The monoisotopic (exact) mass is 324 g/mol. The summed E-state index contributed by atoms with van der Waals surface area (Å²) in [6.07, 6.45) is 1.82. The van der Waals surface area contributed by atoms with Crippen molar-refractivity contribution in [3.8, 4) is 11.3 Å². The van der Waals surface area contributed by atoms with Crippen LogP contribution in [0.25, 0.3) is 11.3 Å². The average molecular weight is 325 g/mol. The van der Waals surface area contributed by atoms with Gasteiger partial charge in [-0.2, -0.15) is 0 Å². The van der Waals surface area contributed by atoms with Gasteiger partial charge in [0.15, 0.2) is 5.76 Å². The minimum absolute atomic E-state index is 0. The third-order valence-electron chi connectivity index (χ3n) is 3.64. The quantitative estimate of drug-likeness (QED) is 0.912. The molecule has 0 unspecified atom stereocenters. The number of rotatable bonds is 3. The Morgan fingerprint density at radius 1 is 1.18 bits per heavy atom. The molecule has 0 aliphatic carbocycles. The molecule has 0 spiro atoms. The van der Waals surface area contributed by atoms with Crippen LogP contribution < -0.4 is 10.6 Å². The van der Waals surface area contributed by atoms with Crippen molar-refractivity contribution in [2.24, 2.45) is 0 Å². The summed E-state index contributed by atoms with van der Waals surface area (Å²) in [5.74, 6) is -0.0306. The number of halogens is 2. The topological polar surface area (TPSA) is 54.3 Å². The Balaban J connectivity index is 0.00000176. The van der Waals surface area contributed by atoms with Gasteiger partial charge in [0.2, 0.25) is 0 Å². The molecule has 1 amide bonds. The first-order valence-corrected chi connectivity index (χ1v) is 7.10. The van der Waals surface area contributed by atoms with Crippen molar-refractivity contribution in [2.75, 3.05) is 13.1 Å².